The minimum atomic E-state index is -1.40. The average Bonchev–Trinajstić information content (AvgIpc) is 3.53. The summed E-state index contributed by atoms with van der Waals surface area (Å²) in [6.45, 7) is 4.66. The third-order valence-corrected chi connectivity index (χ3v) is 6.75. The molecule has 4 aromatic rings. The Kier molecular flexibility index (Phi) is 10.3. The summed E-state index contributed by atoms with van der Waals surface area (Å²) in [6, 6.07) is 21.5. The monoisotopic (exact) mass is 617 g/mol. The van der Waals surface area contributed by atoms with Gasteiger partial charge in [0.05, 0.1) is 20.8 Å². The Morgan fingerprint density at radius 2 is 1.58 bits per heavy atom. The summed E-state index contributed by atoms with van der Waals surface area (Å²) in [6.07, 6.45) is -1.40. The van der Waals surface area contributed by atoms with Gasteiger partial charge in [-0.15, -0.1) is 0 Å². The minimum absolute atomic E-state index is 0.0577. The van der Waals surface area contributed by atoms with Crippen LogP contribution in [0.2, 0.25) is 0 Å². The van der Waals surface area contributed by atoms with Crippen LogP contribution in [-0.4, -0.2) is 53.1 Å². The highest BCUT2D eigenvalue weighted by atomic mass is 16.6. The molecule has 0 radical (unpaired) electrons. The molecule has 1 aromatic heterocycles. The SMILES string of the molecule is CC[C@H](OC(=O)N(Cc1ccccc1)C(=O)Nc1cc(OC)cc(OC)c1)c1cc(-c2ccc(OC(C)(C)C(=O)O)cc2)no1. The quantitative estimate of drug-likeness (QED) is 0.171. The molecule has 3 amide bonds. The molecule has 0 saturated heterocycles. The summed E-state index contributed by atoms with van der Waals surface area (Å²) in [4.78, 5) is 39.3. The predicted octanol–water partition coefficient (Wildman–Crippen LogP) is 6.92. The van der Waals surface area contributed by atoms with Gasteiger partial charge in [-0.1, -0.05) is 42.4 Å². The fourth-order valence-corrected chi connectivity index (χ4v) is 4.19. The number of ether oxygens (including phenoxy) is 4. The molecule has 0 unspecified atom stereocenters. The average molecular weight is 618 g/mol. The first-order valence-corrected chi connectivity index (χ1v) is 14.1. The van der Waals surface area contributed by atoms with E-state index in [1.54, 1.807) is 79.7 Å². The molecule has 1 heterocycles. The van der Waals surface area contributed by atoms with E-state index in [1.165, 1.54) is 28.1 Å². The molecule has 0 spiro atoms. The molecule has 3 aromatic carbocycles. The first-order chi connectivity index (χ1) is 21.5. The van der Waals surface area contributed by atoms with Gasteiger partial charge in [-0.05, 0) is 50.1 Å². The van der Waals surface area contributed by atoms with Gasteiger partial charge in [0.25, 0.3) is 0 Å². The molecule has 12 heteroatoms. The van der Waals surface area contributed by atoms with Gasteiger partial charge in [-0.3, -0.25) is 0 Å². The van der Waals surface area contributed by atoms with Crippen molar-refractivity contribution in [2.75, 3.05) is 19.5 Å². The lowest BCUT2D eigenvalue weighted by molar-refractivity contribution is -0.152. The van der Waals surface area contributed by atoms with Crippen molar-refractivity contribution in [3.05, 3.63) is 90.2 Å². The first-order valence-electron chi connectivity index (χ1n) is 14.1. The number of hydrogen-bond donors (Lipinski definition) is 2. The van der Waals surface area contributed by atoms with Crippen LogP contribution >= 0.6 is 0 Å². The van der Waals surface area contributed by atoms with Crippen LogP contribution in [0.1, 0.15) is 44.6 Å². The van der Waals surface area contributed by atoms with E-state index in [0.717, 1.165) is 4.90 Å². The highest BCUT2D eigenvalue weighted by molar-refractivity contribution is 5.99. The number of anilines is 1. The fourth-order valence-electron chi connectivity index (χ4n) is 4.19. The normalized spacial score (nSPS) is 11.7. The highest BCUT2D eigenvalue weighted by Crippen LogP contribution is 2.30. The largest absolute Gasteiger partial charge is 0.497 e. The van der Waals surface area contributed by atoms with Crippen molar-refractivity contribution in [2.24, 2.45) is 0 Å². The summed E-state index contributed by atoms with van der Waals surface area (Å²) in [5.74, 6) is 0.485. The number of carbonyl (C=O) groups excluding carboxylic acids is 2. The zero-order valence-electron chi connectivity index (χ0n) is 25.6. The molecule has 4 rings (SSSR count). The van der Waals surface area contributed by atoms with Crippen molar-refractivity contribution in [2.45, 2.75) is 45.4 Å². The number of benzene rings is 3. The van der Waals surface area contributed by atoms with Gasteiger partial charge in [0.2, 0.25) is 0 Å². The van der Waals surface area contributed by atoms with Crippen LogP contribution in [0, 0.1) is 0 Å². The Labute approximate surface area is 260 Å². The zero-order chi connectivity index (χ0) is 32.6. The number of rotatable bonds is 12. The van der Waals surface area contributed by atoms with E-state index in [-0.39, 0.29) is 12.3 Å². The maximum absolute atomic E-state index is 13.5. The van der Waals surface area contributed by atoms with E-state index in [0.29, 0.717) is 46.2 Å². The molecule has 12 nitrogen and oxygen atoms in total. The number of nitrogens with zero attached hydrogens (tertiary/aromatic N) is 2. The number of aromatic nitrogens is 1. The third kappa shape index (κ3) is 8.31. The first kappa shape index (κ1) is 32.4. The number of nitrogens with one attached hydrogen (secondary N) is 1. The van der Waals surface area contributed by atoms with Gasteiger partial charge in [0.1, 0.15) is 22.9 Å². The van der Waals surface area contributed by atoms with Crippen molar-refractivity contribution >= 4 is 23.8 Å². The Morgan fingerprint density at radius 3 is 2.16 bits per heavy atom. The van der Waals surface area contributed by atoms with Crippen molar-refractivity contribution in [3.8, 4) is 28.5 Å². The molecule has 2 N–H and O–H groups in total. The molecule has 0 aliphatic carbocycles. The van der Waals surface area contributed by atoms with E-state index in [2.05, 4.69) is 10.5 Å². The predicted molar refractivity (Wildman–Crippen MR) is 164 cm³/mol. The van der Waals surface area contributed by atoms with Crippen molar-refractivity contribution in [3.63, 3.8) is 0 Å². The summed E-state index contributed by atoms with van der Waals surface area (Å²) in [5, 5.41) is 16.1. The second kappa shape index (κ2) is 14.3. The van der Waals surface area contributed by atoms with Gasteiger partial charge in [0, 0.05) is 35.5 Å². The Morgan fingerprint density at radius 1 is 0.933 bits per heavy atom. The molecule has 0 bridgehead atoms. The second-order valence-electron chi connectivity index (χ2n) is 10.4. The van der Waals surface area contributed by atoms with Gasteiger partial charge in [-0.2, -0.15) is 0 Å². The van der Waals surface area contributed by atoms with E-state index < -0.39 is 29.8 Å². The highest BCUT2D eigenvalue weighted by Gasteiger charge is 2.30. The van der Waals surface area contributed by atoms with E-state index in [9.17, 15) is 19.5 Å². The minimum Gasteiger partial charge on any atom is -0.497 e. The lowest BCUT2D eigenvalue weighted by Crippen LogP contribution is -2.40. The number of hydrogen-bond acceptors (Lipinski definition) is 9. The van der Waals surface area contributed by atoms with Crippen molar-refractivity contribution < 1.29 is 43.0 Å². The maximum Gasteiger partial charge on any atom is 0.419 e. The molecular formula is C33H35N3O9. The number of carboxylic acids is 1. The standard InChI is InChI=1S/C33H35N3O9/c1-6-28(29-19-27(35-45-29)22-12-14-24(15-13-22)44-33(2,3)30(37)38)43-32(40)36(20-21-10-8-7-9-11-21)31(39)34-23-16-25(41-4)18-26(17-23)42-5/h7-19,28H,6,20H2,1-5H3,(H,34,39)(H,37,38)/t28-/m0/s1. The van der Waals surface area contributed by atoms with E-state index in [1.807, 2.05) is 6.07 Å². The summed E-state index contributed by atoms with van der Waals surface area (Å²) >= 11 is 0. The zero-order valence-corrected chi connectivity index (χ0v) is 25.6. The fraction of sp³-hybridized carbons (Fsp3) is 0.273. The van der Waals surface area contributed by atoms with Crippen LogP contribution in [0.4, 0.5) is 15.3 Å². The summed E-state index contributed by atoms with van der Waals surface area (Å²) in [7, 11) is 2.98. The molecule has 1 atom stereocenters. The Bertz CT molecular complexity index is 1600. The van der Waals surface area contributed by atoms with Gasteiger partial charge >= 0.3 is 18.1 Å². The van der Waals surface area contributed by atoms with Gasteiger partial charge in [0.15, 0.2) is 17.5 Å². The Balaban J connectivity index is 1.51. The van der Waals surface area contributed by atoms with Crippen LogP contribution in [0.5, 0.6) is 17.2 Å². The van der Waals surface area contributed by atoms with Crippen LogP contribution in [0.15, 0.2) is 83.4 Å². The third-order valence-electron chi connectivity index (χ3n) is 6.75. The number of urea groups is 1. The number of imide groups is 1. The lowest BCUT2D eigenvalue weighted by atomic mass is 10.1. The molecule has 0 saturated carbocycles. The number of methoxy groups -OCH3 is 2. The van der Waals surface area contributed by atoms with Crippen molar-refractivity contribution in [1.29, 1.82) is 0 Å². The van der Waals surface area contributed by atoms with Gasteiger partial charge in [-0.25, -0.2) is 19.3 Å². The number of carbonyl (C=O) groups is 3. The number of aliphatic carboxylic acids is 1. The summed E-state index contributed by atoms with van der Waals surface area (Å²) < 4.78 is 27.4. The summed E-state index contributed by atoms with van der Waals surface area (Å²) in [5.41, 5.74) is 0.811. The molecule has 0 fully saturated rings. The van der Waals surface area contributed by atoms with Crippen LogP contribution in [0.25, 0.3) is 11.3 Å². The molecular weight excluding hydrogens is 582 g/mol. The smallest absolute Gasteiger partial charge is 0.419 e. The van der Waals surface area contributed by atoms with Gasteiger partial charge < -0.3 is 33.9 Å². The maximum atomic E-state index is 13.5. The van der Waals surface area contributed by atoms with Crippen molar-refractivity contribution in [1.82, 2.24) is 10.1 Å². The van der Waals surface area contributed by atoms with E-state index >= 15 is 0 Å². The van der Waals surface area contributed by atoms with E-state index in [4.69, 9.17) is 23.5 Å². The second-order valence-corrected chi connectivity index (χ2v) is 10.4. The lowest BCUT2D eigenvalue weighted by Gasteiger charge is -2.23. The Hall–Kier alpha value is -5.52. The molecule has 45 heavy (non-hydrogen) atoms. The van der Waals surface area contributed by atoms with Crippen LogP contribution < -0.4 is 19.5 Å². The van der Waals surface area contributed by atoms with Crippen LogP contribution in [0.3, 0.4) is 0 Å². The molecule has 236 valence electrons. The number of carboxylic acid groups (broad SMARTS) is 1. The molecule has 0 aliphatic rings. The topological polar surface area (TPSA) is 150 Å². The molecule has 0 aliphatic heterocycles. The van der Waals surface area contributed by atoms with Crippen LogP contribution in [-0.2, 0) is 16.1 Å². The number of amides is 3.